The maximum absolute atomic E-state index is 13.1. The van der Waals surface area contributed by atoms with Crippen molar-refractivity contribution >= 4 is 17.7 Å². The van der Waals surface area contributed by atoms with Crippen LogP contribution in [-0.2, 0) is 11.4 Å². The maximum Gasteiger partial charge on any atom is 0.248 e. The van der Waals surface area contributed by atoms with Gasteiger partial charge in [0.15, 0.2) is 11.6 Å². The lowest BCUT2D eigenvalue weighted by Crippen LogP contribution is -2.08. The van der Waals surface area contributed by atoms with Crippen LogP contribution in [0.3, 0.4) is 0 Å². The van der Waals surface area contributed by atoms with Gasteiger partial charge >= 0.3 is 0 Å². The van der Waals surface area contributed by atoms with E-state index in [-0.39, 0.29) is 5.69 Å². The lowest BCUT2D eigenvalue weighted by Gasteiger charge is -2.06. The van der Waals surface area contributed by atoms with Crippen molar-refractivity contribution in [1.82, 2.24) is 4.98 Å². The van der Waals surface area contributed by atoms with E-state index >= 15 is 0 Å². The predicted octanol–water partition coefficient (Wildman–Crippen LogP) is 4.59. The van der Waals surface area contributed by atoms with E-state index in [2.05, 4.69) is 10.3 Å². The molecular formula is C21H16F2N2O2. The average Bonchev–Trinajstić information content (AvgIpc) is 2.69. The molecular weight excluding hydrogens is 350 g/mol. The Morgan fingerprint density at radius 1 is 1.00 bits per heavy atom. The summed E-state index contributed by atoms with van der Waals surface area (Å²) in [7, 11) is 0. The molecule has 27 heavy (non-hydrogen) atoms. The minimum Gasteiger partial charge on any atom is -0.489 e. The number of carbonyl (C=O) groups is 1. The highest BCUT2D eigenvalue weighted by molar-refractivity contribution is 6.01. The van der Waals surface area contributed by atoms with Crippen LogP contribution in [0.15, 0.2) is 73.1 Å². The third-order valence-corrected chi connectivity index (χ3v) is 3.65. The Bertz CT molecular complexity index is 942. The van der Waals surface area contributed by atoms with E-state index in [1.807, 2.05) is 24.3 Å². The lowest BCUT2D eigenvalue weighted by molar-refractivity contribution is -0.111. The van der Waals surface area contributed by atoms with Crippen molar-refractivity contribution in [2.24, 2.45) is 0 Å². The van der Waals surface area contributed by atoms with E-state index in [0.717, 1.165) is 23.3 Å². The molecule has 0 saturated carbocycles. The Morgan fingerprint density at radius 2 is 1.74 bits per heavy atom. The molecule has 0 aliphatic heterocycles. The van der Waals surface area contributed by atoms with Gasteiger partial charge in [-0.2, -0.15) is 0 Å². The van der Waals surface area contributed by atoms with Crippen LogP contribution in [0.25, 0.3) is 6.08 Å². The number of rotatable bonds is 6. The number of hydrogen-bond donors (Lipinski definition) is 1. The fourth-order valence-corrected chi connectivity index (χ4v) is 2.25. The highest BCUT2D eigenvalue weighted by atomic mass is 19.2. The summed E-state index contributed by atoms with van der Waals surface area (Å²) in [6, 6.07) is 14.1. The topological polar surface area (TPSA) is 51.2 Å². The van der Waals surface area contributed by atoms with Crippen molar-refractivity contribution in [3.63, 3.8) is 0 Å². The maximum atomic E-state index is 13.1. The molecule has 0 aliphatic rings. The van der Waals surface area contributed by atoms with Gasteiger partial charge in [-0.3, -0.25) is 9.78 Å². The SMILES string of the molecule is O=C(C=Cc1ccc(OCc2ccncc2)cc1)Nc1ccc(F)c(F)c1. The second-order valence-electron chi connectivity index (χ2n) is 5.66. The van der Waals surface area contributed by atoms with Crippen LogP contribution >= 0.6 is 0 Å². The van der Waals surface area contributed by atoms with Crippen LogP contribution in [0.5, 0.6) is 5.75 Å². The summed E-state index contributed by atoms with van der Waals surface area (Å²) >= 11 is 0. The molecule has 0 bridgehead atoms. The number of anilines is 1. The zero-order valence-corrected chi connectivity index (χ0v) is 14.2. The van der Waals surface area contributed by atoms with Gasteiger partial charge in [-0.25, -0.2) is 8.78 Å². The van der Waals surface area contributed by atoms with E-state index < -0.39 is 17.5 Å². The Kier molecular flexibility index (Phi) is 5.89. The number of halogens is 2. The van der Waals surface area contributed by atoms with E-state index in [0.29, 0.717) is 12.4 Å². The number of nitrogens with zero attached hydrogens (tertiary/aromatic N) is 1. The Hall–Kier alpha value is -3.54. The second kappa shape index (κ2) is 8.71. The molecule has 0 saturated heterocycles. The monoisotopic (exact) mass is 366 g/mol. The van der Waals surface area contributed by atoms with Crippen LogP contribution in [0.1, 0.15) is 11.1 Å². The summed E-state index contributed by atoms with van der Waals surface area (Å²) in [5.74, 6) is -1.72. The summed E-state index contributed by atoms with van der Waals surface area (Å²) in [5.41, 5.74) is 2.00. The largest absolute Gasteiger partial charge is 0.489 e. The third-order valence-electron chi connectivity index (χ3n) is 3.65. The van der Waals surface area contributed by atoms with Gasteiger partial charge in [0, 0.05) is 30.2 Å². The van der Waals surface area contributed by atoms with Gasteiger partial charge in [-0.1, -0.05) is 12.1 Å². The molecule has 2 aromatic carbocycles. The number of nitrogens with one attached hydrogen (secondary N) is 1. The first-order valence-corrected chi connectivity index (χ1v) is 8.16. The van der Waals surface area contributed by atoms with Gasteiger partial charge in [0.2, 0.25) is 5.91 Å². The fourth-order valence-electron chi connectivity index (χ4n) is 2.25. The smallest absolute Gasteiger partial charge is 0.248 e. The van der Waals surface area contributed by atoms with Crippen molar-refractivity contribution in [2.75, 3.05) is 5.32 Å². The molecule has 1 aromatic heterocycles. The minimum atomic E-state index is -1.01. The Labute approximate surface area is 155 Å². The molecule has 136 valence electrons. The number of ether oxygens (including phenoxy) is 1. The molecule has 0 aliphatic carbocycles. The van der Waals surface area contributed by atoms with Crippen LogP contribution in [0.4, 0.5) is 14.5 Å². The summed E-state index contributed by atoms with van der Waals surface area (Å²) in [4.78, 5) is 15.8. The van der Waals surface area contributed by atoms with E-state index in [9.17, 15) is 13.6 Å². The second-order valence-corrected chi connectivity index (χ2v) is 5.66. The van der Waals surface area contributed by atoms with E-state index in [1.165, 1.54) is 12.1 Å². The van der Waals surface area contributed by atoms with Crippen molar-refractivity contribution in [3.8, 4) is 5.75 Å². The molecule has 0 unspecified atom stereocenters. The minimum absolute atomic E-state index is 0.184. The van der Waals surface area contributed by atoms with Gasteiger partial charge in [-0.05, 0) is 53.6 Å². The first kappa shape index (κ1) is 18.3. The lowest BCUT2D eigenvalue weighted by atomic mass is 10.2. The number of hydrogen-bond acceptors (Lipinski definition) is 3. The quantitative estimate of drug-likeness (QED) is 0.649. The van der Waals surface area contributed by atoms with Crippen molar-refractivity contribution in [1.29, 1.82) is 0 Å². The zero-order chi connectivity index (χ0) is 19.1. The standard InChI is InChI=1S/C21H16F2N2O2/c22-19-7-4-17(13-20(19)23)25-21(26)8-3-15-1-5-18(6-2-15)27-14-16-9-11-24-12-10-16/h1-13H,14H2,(H,25,26). The molecule has 1 amide bonds. The van der Waals surface area contributed by atoms with Gasteiger partial charge in [0.25, 0.3) is 0 Å². The molecule has 4 nitrogen and oxygen atoms in total. The molecule has 0 radical (unpaired) electrons. The molecule has 3 aromatic rings. The van der Waals surface area contributed by atoms with Gasteiger partial charge in [-0.15, -0.1) is 0 Å². The van der Waals surface area contributed by atoms with Crippen LogP contribution in [0.2, 0.25) is 0 Å². The Balaban J connectivity index is 1.53. The van der Waals surface area contributed by atoms with Crippen LogP contribution in [-0.4, -0.2) is 10.9 Å². The first-order chi connectivity index (χ1) is 13.1. The average molecular weight is 366 g/mol. The van der Waals surface area contributed by atoms with E-state index in [1.54, 1.807) is 30.6 Å². The van der Waals surface area contributed by atoms with Crippen molar-refractivity contribution in [2.45, 2.75) is 6.61 Å². The number of aromatic nitrogens is 1. The highest BCUT2D eigenvalue weighted by Crippen LogP contribution is 2.16. The number of carbonyl (C=O) groups excluding carboxylic acids is 1. The number of amides is 1. The molecule has 3 rings (SSSR count). The highest BCUT2D eigenvalue weighted by Gasteiger charge is 2.04. The van der Waals surface area contributed by atoms with Crippen LogP contribution < -0.4 is 10.1 Å². The predicted molar refractivity (Wildman–Crippen MR) is 99.0 cm³/mol. The summed E-state index contributed by atoms with van der Waals surface area (Å²) < 4.78 is 31.7. The normalized spacial score (nSPS) is 10.7. The van der Waals surface area contributed by atoms with Crippen LogP contribution in [0, 0.1) is 11.6 Å². The number of pyridine rings is 1. The molecule has 0 spiro atoms. The summed E-state index contributed by atoms with van der Waals surface area (Å²) in [5, 5.41) is 2.47. The fraction of sp³-hybridized carbons (Fsp3) is 0.0476. The summed E-state index contributed by atoms with van der Waals surface area (Å²) in [6.45, 7) is 0.439. The zero-order valence-electron chi connectivity index (χ0n) is 14.2. The molecule has 0 fully saturated rings. The van der Waals surface area contributed by atoms with Crippen molar-refractivity contribution in [3.05, 3.63) is 95.8 Å². The molecule has 6 heteroatoms. The molecule has 0 atom stereocenters. The third kappa shape index (κ3) is 5.47. The first-order valence-electron chi connectivity index (χ1n) is 8.16. The van der Waals surface area contributed by atoms with E-state index in [4.69, 9.17) is 4.74 Å². The van der Waals surface area contributed by atoms with Gasteiger partial charge < -0.3 is 10.1 Å². The summed E-state index contributed by atoms with van der Waals surface area (Å²) in [6.07, 6.45) is 6.34. The number of benzene rings is 2. The van der Waals surface area contributed by atoms with Gasteiger partial charge in [0.1, 0.15) is 12.4 Å². The Morgan fingerprint density at radius 3 is 2.44 bits per heavy atom. The van der Waals surface area contributed by atoms with Crippen molar-refractivity contribution < 1.29 is 18.3 Å². The van der Waals surface area contributed by atoms with Gasteiger partial charge in [0.05, 0.1) is 0 Å². The molecule has 1 heterocycles. The molecule has 1 N–H and O–H groups in total.